The van der Waals surface area contributed by atoms with Crippen LogP contribution < -0.4 is 10.9 Å². The number of hydrogen-bond donors (Lipinski definition) is 1. The third kappa shape index (κ3) is 1.20. The lowest BCUT2D eigenvalue weighted by Gasteiger charge is -1.97. The molecule has 5 nitrogen and oxygen atoms in total. The molecule has 2 aromatic rings. The van der Waals surface area contributed by atoms with Gasteiger partial charge in [-0.05, 0) is 0 Å². The van der Waals surface area contributed by atoms with E-state index in [-0.39, 0.29) is 11.5 Å². The van der Waals surface area contributed by atoms with Crippen molar-refractivity contribution < 1.29 is 4.79 Å². The zero-order chi connectivity index (χ0) is 10.1. The Labute approximate surface area is 83.0 Å². The quantitative estimate of drug-likeness (QED) is 0.725. The fraction of sp³-hybridized carbons (Fsp3) is 0.125. The van der Waals surface area contributed by atoms with E-state index in [1.165, 1.54) is 35.0 Å². The van der Waals surface area contributed by atoms with Crippen LogP contribution in [0.1, 0.15) is 10.5 Å². The number of carbonyl (C=O) groups is 1. The second kappa shape index (κ2) is 3.22. The minimum absolute atomic E-state index is 0.241. The molecule has 0 aliphatic rings. The molecule has 0 saturated heterocycles. The maximum atomic E-state index is 11.4. The van der Waals surface area contributed by atoms with E-state index >= 15 is 0 Å². The van der Waals surface area contributed by atoms with E-state index in [1.54, 1.807) is 5.38 Å². The van der Waals surface area contributed by atoms with Gasteiger partial charge in [-0.15, -0.1) is 11.3 Å². The first-order valence-corrected chi connectivity index (χ1v) is 4.79. The Bertz CT molecular complexity index is 543. The summed E-state index contributed by atoms with van der Waals surface area (Å²) < 4.78 is 1.30. The van der Waals surface area contributed by atoms with Crippen LogP contribution in [0.2, 0.25) is 0 Å². The molecule has 0 bridgehead atoms. The highest BCUT2D eigenvalue weighted by molar-refractivity contribution is 7.15. The van der Waals surface area contributed by atoms with Crippen molar-refractivity contribution in [3.63, 3.8) is 0 Å². The van der Waals surface area contributed by atoms with Gasteiger partial charge in [0.25, 0.3) is 11.5 Å². The van der Waals surface area contributed by atoms with Crippen LogP contribution in [-0.2, 0) is 0 Å². The van der Waals surface area contributed by atoms with Crippen LogP contribution >= 0.6 is 11.3 Å². The second-order valence-corrected chi connectivity index (χ2v) is 3.44. The third-order valence-corrected chi connectivity index (χ3v) is 2.63. The van der Waals surface area contributed by atoms with E-state index in [2.05, 4.69) is 10.3 Å². The molecule has 0 aliphatic carbocycles. The normalized spacial score (nSPS) is 10.4. The lowest BCUT2D eigenvalue weighted by molar-refractivity contribution is 0.0957. The number of amides is 1. The van der Waals surface area contributed by atoms with Crippen LogP contribution in [0, 0.1) is 0 Å². The molecule has 0 spiro atoms. The Morgan fingerprint density at radius 2 is 2.43 bits per heavy atom. The smallest absolute Gasteiger partial charge is 0.269 e. The molecule has 6 heteroatoms. The molecule has 1 N–H and O–H groups in total. The van der Waals surface area contributed by atoms with Gasteiger partial charge in [0.2, 0.25) is 0 Å². The summed E-state index contributed by atoms with van der Waals surface area (Å²) in [5.74, 6) is -0.286. The monoisotopic (exact) mass is 209 g/mol. The summed E-state index contributed by atoms with van der Waals surface area (Å²) in [6.45, 7) is 0. The summed E-state index contributed by atoms with van der Waals surface area (Å²) in [6.07, 6.45) is 1.43. The van der Waals surface area contributed by atoms with Crippen molar-refractivity contribution >= 4 is 22.2 Å². The van der Waals surface area contributed by atoms with Crippen LogP contribution in [0.5, 0.6) is 0 Å². The molecule has 0 atom stereocenters. The Morgan fingerprint density at radius 1 is 1.64 bits per heavy atom. The average molecular weight is 209 g/mol. The van der Waals surface area contributed by atoms with Crippen LogP contribution in [0.25, 0.3) is 4.96 Å². The largest absolute Gasteiger partial charge is 0.354 e. The summed E-state index contributed by atoms with van der Waals surface area (Å²) in [4.78, 5) is 27.3. The lowest BCUT2D eigenvalue weighted by atomic mass is 10.4. The van der Waals surface area contributed by atoms with Crippen LogP contribution in [0.4, 0.5) is 0 Å². The first-order valence-electron chi connectivity index (χ1n) is 3.91. The molecule has 0 saturated carbocycles. The predicted octanol–water partition coefficient (Wildman–Crippen LogP) is 0.116. The van der Waals surface area contributed by atoms with E-state index in [9.17, 15) is 9.59 Å². The van der Waals surface area contributed by atoms with Gasteiger partial charge in [-0.1, -0.05) is 0 Å². The second-order valence-electron chi connectivity index (χ2n) is 2.60. The maximum Gasteiger partial charge on any atom is 0.269 e. The molecule has 0 radical (unpaired) electrons. The first kappa shape index (κ1) is 8.89. The van der Waals surface area contributed by atoms with E-state index in [4.69, 9.17) is 0 Å². The number of nitrogens with zero attached hydrogens (tertiary/aromatic N) is 2. The van der Waals surface area contributed by atoms with Crippen molar-refractivity contribution in [1.29, 1.82) is 0 Å². The Morgan fingerprint density at radius 3 is 3.14 bits per heavy atom. The molecule has 0 fully saturated rings. The van der Waals surface area contributed by atoms with Crippen molar-refractivity contribution in [1.82, 2.24) is 14.7 Å². The summed E-state index contributed by atoms with van der Waals surface area (Å²) in [5.41, 5.74) is 0.0838. The molecule has 2 rings (SSSR count). The minimum atomic E-state index is -0.286. The molecular weight excluding hydrogens is 202 g/mol. The van der Waals surface area contributed by atoms with E-state index < -0.39 is 0 Å². The highest BCUT2D eigenvalue weighted by atomic mass is 32.1. The Kier molecular flexibility index (Phi) is 2.05. The lowest BCUT2D eigenvalue weighted by Crippen LogP contribution is -2.24. The summed E-state index contributed by atoms with van der Waals surface area (Å²) in [6, 6.07) is 1.33. The number of fused-ring (bicyclic) bond motifs is 1. The van der Waals surface area contributed by atoms with Crippen molar-refractivity contribution in [3.8, 4) is 0 Å². The molecule has 0 aromatic carbocycles. The van der Waals surface area contributed by atoms with Gasteiger partial charge < -0.3 is 5.32 Å². The number of hydrogen-bond acceptors (Lipinski definition) is 4. The number of carbonyl (C=O) groups excluding carboxylic acids is 1. The number of rotatable bonds is 1. The highest BCUT2D eigenvalue weighted by Crippen LogP contribution is 2.10. The summed E-state index contributed by atoms with van der Waals surface area (Å²) >= 11 is 1.26. The SMILES string of the molecule is CNC(=O)c1csc2nccc(=O)n12. The first-order chi connectivity index (χ1) is 6.74. The summed E-state index contributed by atoms with van der Waals surface area (Å²) in [7, 11) is 1.52. The fourth-order valence-electron chi connectivity index (χ4n) is 1.14. The molecule has 0 aliphatic heterocycles. The zero-order valence-corrected chi connectivity index (χ0v) is 8.17. The molecule has 0 unspecified atom stereocenters. The molecule has 1 amide bonds. The average Bonchev–Trinajstić information content (AvgIpc) is 2.62. The topological polar surface area (TPSA) is 63.5 Å². The molecule has 2 aromatic heterocycles. The van der Waals surface area contributed by atoms with Crippen LogP contribution in [0.3, 0.4) is 0 Å². The number of nitrogens with one attached hydrogen (secondary N) is 1. The van der Waals surface area contributed by atoms with Gasteiger partial charge in [-0.2, -0.15) is 0 Å². The van der Waals surface area contributed by atoms with E-state index in [0.717, 1.165) is 0 Å². The van der Waals surface area contributed by atoms with Gasteiger partial charge in [-0.25, -0.2) is 9.38 Å². The molecule has 14 heavy (non-hydrogen) atoms. The number of aromatic nitrogens is 2. The Hall–Kier alpha value is -1.69. The van der Waals surface area contributed by atoms with Crippen molar-refractivity contribution in [2.24, 2.45) is 0 Å². The van der Waals surface area contributed by atoms with Crippen molar-refractivity contribution in [2.45, 2.75) is 0 Å². The van der Waals surface area contributed by atoms with Crippen LogP contribution in [0.15, 0.2) is 22.4 Å². The van der Waals surface area contributed by atoms with Gasteiger partial charge in [0.1, 0.15) is 5.69 Å². The maximum absolute atomic E-state index is 11.4. The van der Waals surface area contributed by atoms with E-state index in [1.807, 2.05) is 0 Å². The summed E-state index contributed by atoms with van der Waals surface area (Å²) in [5, 5.41) is 4.08. The zero-order valence-electron chi connectivity index (χ0n) is 7.35. The fourth-order valence-corrected chi connectivity index (χ4v) is 1.99. The molecule has 72 valence electrons. The molecular formula is C8H7N3O2S. The predicted molar refractivity (Wildman–Crippen MR) is 52.7 cm³/mol. The van der Waals surface area contributed by atoms with Crippen LogP contribution in [-0.4, -0.2) is 22.3 Å². The molecule has 2 heterocycles. The number of thiazole rings is 1. The van der Waals surface area contributed by atoms with Gasteiger partial charge in [0.05, 0.1) is 0 Å². The standard InChI is InChI=1S/C8H7N3O2S/c1-9-7(13)5-4-14-8-10-3-2-6(12)11(5)8/h2-4H,1H3,(H,9,13). The minimum Gasteiger partial charge on any atom is -0.354 e. The van der Waals surface area contributed by atoms with Gasteiger partial charge in [-0.3, -0.25) is 9.59 Å². The third-order valence-electron chi connectivity index (χ3n) is 1.79. The van der Waals surface area contributed by atoms with Gasteiger partial charge in [0.15, 0.2) is 4.96 Å². The Balaban J connectivity index is 2.80. The van der Waals surface area contributed by atoms with Gasteiger partial charge in [0, 0.05) is 24.7 Å². The van der Waals surface area contributed by atoms with Crippen molar-refractivity contribution in [2.75, 3.05) is 7.05 Å². The highest BCUT2D eigenvalue weighted by Gasteiger charge is 2.11. The van der Waals surface area contributed by atoms with Crippen molar-refractivity contribution in [3.05, 3.63) is 33.7 Å². The van der Waals surface area contributed by atoms with E-state index in [0.29, 0.717) is 10.7 Å². The van der Waals surface area contributed by atoms with Gasteiger partial charge >= 0.3 is 0 Å².